The third kappa shape index (κ3) is 1.66. The predicted octanol–water partition coefficient (Wildman–Crippen LogP) is 3.33. The van der Waals surface area contributed by atoms with Crippen LogP contribution in [0.15, 0.2) is 18.2 Å². The zero-order valence-electron chi connectivity index (χ0n) is 7.81. The summed E-state index contributed by atoms with van der Waals surface area (Å²) in [5.74, 6) is 0.769. The van der Waals surface area contributed by atoms with Crippen molar-refractivity contribution >= 4 is 17.3 Å². The van der Waals surface area contributed by atoms with E-state index in [0.717, 1.165) is 23.2 Å². The van der Waals surface area contributed by atoms with Crippen LogP contribution in [-0.4, -0.2) is 6.54 Å². The molecule has 1 aliphatic heterocycles. The van der Waals surface area contributed by atoms with E-state index >= 15 is 0 Å². The molecule has 0 saturated carbocycles. The van der Waals surface area contributed by atoms with Gasteiger partial charge in [-0.05, 0) is 24.0 Å². The summed E-state index contributed by atoms with van der Waals surface area (Å²) < 4.78 is 0. The van der Waals surface area contributed by atoms with E-state index in [4.69, 9.17) is 11.6 Å². The van der Waals surface area contributed by atoms with Crippen molar-refractivity contribution in [2.24, 2.45) is 5.92 Å². The molecule has 1 heterocycles. The Hall–Kier alpha value is -0.690. The molecule has 0 spiro atoms. The van der Waals surface area contributed by atoms with Gasteiger partial charge in [-0.2, -0.15) is 0 Å². The second-order valence-electron chi connectivity index (χ2n) is 3.63. The summed E-state index contributed by atoms with van der Waals surface area (Å²) in [6.07, 6.45) is 2.40. The van der Waals surface area contributed by atoms with E-state index in [9.17, 15) is 0 Å². The summed E-state index contributed by atoms with van der Waals surface area (Å²) >= 11 is 6.07. The van der Waals surface area contributed by atoms with Crippen molar-refractivity contribution in [1.29, 1.82) is 0 Å². The first-order valence-corrected chi connectivity index (χ1v) is 5.20. The van der Waals surface area contributed by atoms with Crippen LogP contribution in [0.4, 0.5) is 5.69 Å². The first kappa shape index (κ1) is 8.89. The summed E-state index contributed by atoms with van der Waals surface area (Å²) in [5.41, 5.74) is 2.51. The molecule has 1 aromatic rings. The number of hydrogen-bond donors (Lipinski definition) is 1. The summed E-state index contributed by atoms with van der Waals surface area (Å²) in [6.45, 7) is 3.30. The molecule has 13 heavy (non-hydrogen) atoms. The van der Waals surface area contributed by atoms with E-state index in [1.807, 2.05) is 12.1 Å². The monoisotopic (exact) mass is 195 g/mol. The second kappa shape index (κ2) is 3.59. The molecule has 0 aliphatic carbocycles. The minimum Gasteiger partial charge on any atom is -0.383 e. The largest absolute Gasteiger partial charge is 0.383 e. The number of hydrogen-bond acceptors (Lipinski definition) is 1. The van der Waals surface area contributed by atoms with Crippen molar-refractivity contribution < 1.29 is 0 Å². The van der Waals surface area contributed by atoms with Gasteiger partial charge in [0.2, 0.25) is 0 Å². The standard InChI is InChI=1S/C11H14ClN/c1-2-8-6-9-4-3-5-10(12)11(9)13-7-8/h3-5,8,13H,2,6-7H2,1H3. The van der Waals surface area contributed by atoms with Crippen molar-refractivity contribution in [3.05, 3.63) is 28.8 Å². The zero-order valence-corrected chi connectivity index (χ0v) is 8.56. The molecule has 0 bridgehead atoms. The van der Waals surface area contributed by atoms with Crippen LogP contribution in [0.5, 0.6) is 0 Å². The highest BCUT2D eigenvalue weighted by Gasteiger charge is 2.17. The molecule has 70 valence electrons. The smallest absolute Gasteiger partial charge is 0.0640 e. The fraction of sp³-hybridized carbons (Fsp3) is 0.455. The van der Waals surface area contributed by atoms with Gasteiger partial charge in [-0.3, -0.25) is 0 Å². The minimum absolute atomic E-state index is 0.769. The Morgan fingerprint density at radius 2 is 2.38 bits per heavy atom. The second-order valence-corrected chi connectivity index (χ2v) is 4.04. The summed E-state index contributed by atoms with van der Waals surface area (Å²) in [5, 5.41) is 4.25. The van der Waals surface area contributed by atoms with Crippen LogP contribution in [0.2, 0.25) is 5.02 Å². The van der Waals surface area contributed by atoms with Crippen molar-refractivity contribution in [1.82, 2.24) is 0 Å². The Labute approximate surface area is 84.1 Å². The average Bonchev–Trinajstić information content (AvgIpc) is 2.18. The van der Waals surface area contributed by atoms with Crippen LogP contribution in [0.1, 0.15) is 18.9 Å². The first-order valence-electron chi connectivity index (χ1n) is 4.82. The Bertz CT molecular complexity index is 309. The van der Waals surface area contributed by atoms with Gasteiger partial charge in [0.1, 0.15) is 0 Å². The van der Waals surface area contributed by atoms with E-state index in [1.165, 1.54) is 18.4 Å². The van der Waals surface area contributed by atoms with E-state index in [0.29, 0.717) is 0 Å². The molecule has 2 heteroatoms. The summed E-state index contributed by atoms with van der Waals surface area (Å²) in [6, 6.07) is 6.14. The third-order valence-electron chi connectivity index (χ3n) is 2.75. The van der Waals surface area contributed by atoms with Gasteiger partial charge in [0.25, 0.3) is 0 Å². The van der Waals surface area contributed by atoms with Gasteiger partial charge < -0.3 is 5.32 Å². The molecule has 0 fully saturated rings. The molecule has 1 N–H and O–H groups in total. The molecular formula is C11H14ClN. The van der Waals surface area contributed by atoms with Crippen LogP contribution in [0, 0.1) is 5.92 Å². The Morgan fingerprint density at radius 1 is 1.54 bits per heavy atom. The third-order valence-corrected chi connectivity index (χ3v) is 3.07. The number of rotatable bonds is 1. The number of nitrogens with one attached hydrogen (secondary N) is 1. The molecule has 1 aliphatic rings. The van der Waals surface area contributed by atoms with Crippen LogP contribution in [0.25, 0.3) is 0 Å². The van der Waals surface area contributed by atoms with E-state index < -0.39 is 0 Å². The molecule has 0 saturated heterocycles. The summed E-state index contributed by atoms with van der Waals surface area (Å²) in [4.78, 5) is 0. The molecule has 1 aromatic carbocycles. The molecular weight excluding hydrogens is 182 g/mol. The number of para-hydroxylation sites is 1. The van der Waals surface area contributed by atoms with E-state index in [1.54, 1.807) is 0 Å². The lowest BCUT2D eigenvalue weighted by atomic mass is 9.92. The molecule has 0 radical (unpaired) electrons. The van der Waals surface area contributed by atoms with Crippen LogP contribution in [0.3, 0.4) is 0 Å². The van der Waals surface area contributed by atoms with Crippen molar-refractivity contribution in [2.75, 3.05) is 11.9 Å². The fourth-order valence-electron chi connectivity index (χ4n) is 1.86. The van der Waals surface area contributed by atoms with Gasteiger partial charge in [-0.25, -0.2) is 0 Å². The van der Waals surface area contributed by atoms with Gasteiger partial charge in [-0.1, -0.05) is 37.1 Å². The maximum Gasteiger partial charge on any atom is 0.0640 e. The number of anilines is 1. The van der Waals surface area contributed by atoms with Gasteiger partial charge in [-0.15, -0.1) is 0 Å². The lowest BCUT2D eigenvalue weighted by Crippen LogP contribution is -2.22. The highest BCUT2D eigenvalue weighted by Crippen LogP contribution is 2.32. The maximum atomic E-state index is 6.07. The lowest BCUT2D eigenvalue weighted by Gasteiger charge is -2.25. The molecule has 2 rings (SSSR count). The van der Waals surface area contributed by atoms with Crippen molar-refractivity contribution in [3.8, 4) is 0 Å². The molecule has 1 unspecified atom stereocenters. The first-order chi connectivity index (χ1) is 6.31. The maximum absolute atomic E-state index is 6.07. The molecule has 1 nitrogen and oxygen atoms in total. The number of benzene rings is 1. The van der Waals surface area contributed by atoms with Crippen molar-refractivity contribution in [3.63, 3.8) is 0 Å². The van der Waals surface area contributed by atoms with Gasteiger partial charge in [0.05, 0.1) is 10.7 Å². The Balaban J connectivity index is 2.31. The SMILES string of the molecule is CCC1CNc2c(Cl)cccc2C1. The quantitative estimate of drug-likeness (QED) is 0.725. The van der Waals surface area contributed by atoms with E-state index in [-0.39, 0.29) is 0 Å². The van der Waals surface area contributed by atoms with Crippen LogP contribution in [-0.2, 0) is 6.42 Å². The van der Waals surface area contributed by atoms with Gasteiger partial charge >= 0.3 is 0 Å². The average molecular weight is 196 g/mol. The Morgan fingerprint density at radius 3 is 3.15 bits per heavy atom. The van der Waals surface area contributed by atoms with Gasteiger partial charge in [0, 0.05) is 6.54 Å². The van der Waals surface area contributed by atoms with Gasteiger partial charge in [0.15, 0.2) is 0 Å². The normalized spacial score (nSPS) is 20.6. The molecule has 1 atom stereocenters. The number of halogens is 1. The summed E-state index contributed by atoms with van der Waals surface area (Å²) in [7, 11) is 0. The highest BCUT2D eigenvalue weighted by molar-refractivity contribution is 6.33. The zero-order chi connectivity index (χ0) is 9.26. The van der Waals surface area contributed by atoms with Crippen LogP contribution >= 0.6 is 11.6 Å². The van der Waals surface area contributed by atoms with E-state index in [2.05, 4.69) is 18.3 Å². The van der Waals surface area contributed by atoms with Crippen LogP contribution < -0.4 is 5.32 Å². The van der Waals surface area contributed by atoms with Crippen molar-refractivity contribution in [2.45, 2.75) is 19.8 Å². The number of fused-ring (bicyclic) bond motifs is 1. The minimum atomic E-state index is 0.769. The topological polar surface area (TPSA) is 12.0 Å². The Kier molecular flexibility index (Phi) is 2.45. The predicted molar refractivity (Wildman–Crippen MR) is 57.4 cm³/mol. The molecule has 0 amide bonds. The fourth-order valence-corrected chi connectivity index (χ4v) is 2.12. The lowest BCUT2D eigenvalue weighted by molar-refractivity contribution is 0.521. The highest BCUT2D eigenvalue weighted by atomic mass is 35.5. The molecule has 0 aromatic heterocycles.